The molecular weight excluding hydrogens is 566 g/mol. The highest BCUT2D eigenvalue weighted by Crippen LogP contribution is 2.22. The van der Waals surface area contributed by atoms with Crippen LogP contribution in [-0.4, -0.2) is 44.5 Å². The Morgan fingerprint density at radius 1 is 0.478 bits per heavy atom. The van der Waals surface area contributed by atoms with Crippen LogP contribution in [0, 0.1) is 27.7 Å². The van der Waals surface area contributed by atoms with Crippen molar-refractivity contribution in [2.75, 3.05) is 10.6 Å². The van der Waals surface area contributed by atoms with E-state index >= 15 is 0 Å². The molecule has 0 amide bonds. The second-order valence-electron chi connectivity index (χ2n) is 11.0. The number of anilines is 4. The van der Waals surface area contributed by atoms with E-state index in [9.17, 15) is 0 Å². The zero-order valence-corrected chi connectivity index (χ0v) is 26.2. The Labute approximate surface area is 271 Å². The van der Waals surface area contributed by atoms with Gasteiger partial charge in [-0.25, -0.2) is 19.9 Å². The Morgan fingerprint density at radius 3 is 1.28 bits per heavy atom. The average molecular weight is 598 g/mol. The Morgan fingerprint density at radius 2 is 0.891 bits per heavy atom. The smallest absolute Gasteiger partial charge is 0.243 e. The van der Waals surface area contributed by atoms with Crippen molar-refractivity contribution in [3.05, 3.63) is 131 Å². The van der Waals surface area contributed by atoms with Crippen LogP contribution >= 0.6 is 0 Å². The molecule has 0 bridgehead atoms. The van der Waals surface area contributed by atoms with E-state index in [1.807, 2.05) is 101 Å². The molecule has 222 valence electrons. The van der Waals surface area contributed by atoms with Crippen molar-refractivity contribution < 1.29 is 0 Å². The van der Waals surface area contributed by atoms with Crippen molar-refractivity contribution in [2.45, 2.75) is 27.7 Å². The molecule has 10 heteroatoms. The van der Waals surface area contributed by atoms with Gasteiger partial charge < -0.3 is 10.6 Å². The number of rotatable bonds is 10. The first kappa shape index (κ1) is 30.4. The summed E-state index contributed by atoms with van der Waals surface area (Å²) < 4.78 is 0. The quantitative estimate of drug-likeness (QED) is 0.178. The Hall–Kier alpha value is -5.63. The monoisotopic (exact) mass is 598 g/mol. The van der Waals surface area contributed by atoms with E-state index in [4.69, 9.17) is 0 Å². The minimum absolute atomic E-state index is 0.513. The van der Waals surface area contributed by atoms with Crippen molar-refractivity contribution in [2.24, 2.45) is 0 Å². The highest BCUT2D eigenvalue weighted by Gasteiger charge is 2.10. The standard InChI is InChI=1S/C36H32B2N8/c1-23-21-31(43-35-41-25(3)39-33(45-35)37-29-11-7-5-8-12-29)19-17-27(23)15-16-28-18-20-32(22-24(28)2)44-36-42-26(4)40-34(46-36)38-30-13-9-6-10-14-30/h5-22H,1-4H3,(H,39,41,43,45)(H,40,42,44,46)/b16-15+. The van der Waals surface area contributed by atoms with E-state index in [0.29, 0.717) is 35.0 Å². The van der Waals surface area contributed by atoms with Gasteiger partial charge in [-0.05, 0) is 74.2 Å². The predicted molar refractivity (Wildman–Crippen MR) is 190 cm³/mol. The molecule has 2 aromatic heterocycles. The summed E-state index contributed by atoms with van der Waals surface area (Å²) in [5, 5.41) is 6.67. The predicted octanol–water partition coefficient (Wildman–Crippen LogP) is 4.26. The average Bonchev–Trinajstić information content (AvgIpc) is 3.02. The highest BCUT2D eigenvalue weighted by atomic mass is 15.2. The van der Waals surface area contributed by atoms with E-state index in [1.54, 1.807) is 0 Å². The van der Waals surface area contributed by atoms with Crippen LogP contribution in [0.15, 0.2) is 97.1 Å². The van der Waals surface area contributed by atoms with E-state index in [-0.39, 0.29) is 0 Å². The molecule has 0 unspecified atom stereocenters. The second-order valence-corrected chi connectivity index (χ2v) is 11.0. The normalized spacial score (nSPS) is 11.0. The topological polar surface area (TPSA) is 101 Å². The second kappa shape index (κ2) is 14.0. The maximum absolute atomic E-state index is 4.60. The largest absolute Gasteiger partial charge is 0.324 e. The van der Waals surface area contributed by atoms with Crippen molar-refractivity contribution in [1.82, 2.24) is 29.9 Å². The minimum atomic E-state index is 0.513. The van der Waals surface area contributed by atoms with Gasteiger partial charge in [-0.2, -0.15) is 9.97 Å². The lowest BCUT2D eigenvalue weighted by molar-refractivity contribution is 1.01. The molecule has 46 heavy (non-hydrogen) atoms. The van der Waals surface area contributed by atoms with Gasteiger partial charge in [0.25, 0.3) is 0 Å². The molecule has 0 aliphatic rings. The van der Waals surface area contributed by atoms with Crippen LogP contribution in [-0.2, 0) is 0 Å². The summed E-state index contributed by atoms with van der Waals surface area (Å²) in [5.74, 6) is 2.34. The van der Waals surface area contributed by atoms with Crippen LogP contribution in [0.4, 0.5) is 23.3 Å². The molecule has 6 aromatic rings. The summed E-state index contributed by atoms with van der Waals surface area (Å²) in [6.07, 6.45) is 4.27. The van der Waals surface area contributed by atoms with Crippen molar-refractivity contribution in [3.63, 3.8) is 0 Å². The molecule has 6 rings (SSSR count). The lowest BCUT2D eigenvalue weighted by atomic mass is 9.69. The van der Waals surface area contributed by atoms with Crippen LogP contribution < -0.4 is 33.0 Å². The molecule has 0 saturated carbocycles. The van der Waals surface area contributed by atoms with Crippen molar-refractivity contribution >= 4 is 72.4 Å². The molecule has 2 radical (unpaired) electrons. The van der Waals surface area contributed by atoms with Crippen LogP contribution in [0.3, 0.4) is 0 Å². The number of nitrogens with one attached hydrogen (secondary N) is 2. The summed E-state index contributed by atoms with van der Waals surface area (Å²) in [6, 6.07) is 32.5. The third-order valence-electron chi connectivity index (χ3n) is 7.21. The van der Waals surface area contributed by atoms with Gasteiger partial charge in [-0.15, -0.1) is 0 Å². The fourth-order valence-corrected chi connectivity index (χ4v) is 4.96. The SMILES string of the molecule is Cc1nc([B]c2ccccc2)nc(Nc2ccc(/C=C/c3ccc(Nc4nc(C)nc([B]c5ccccc5)n4)cc3C)c(C)c2)n1. The number of hydrogen-bond acceptors (Lipinski definition) is 8. The maximum Gasteiger partial charge on any atom is 0.243 e. The van der Waals surface area contributed by atoms with Gasteiger partial charge >= 0.3 is 0 Å². The summed E-state index contributed by atoms with van der Waals surface area (Å²) in [6.45, 7) is 7.93. The molecule has 0 spiro atoms. The Bertz CT molecular complexity index is 1860. The number of hydrogen-bond donors (Lipinski definition) is 2. The van der Waals surface area contributed by atoms with Gasteiger partial charge in [-0.3, -0.25) is 0 Å². The lowest BCUT2D eigenvalue weighted by Crippen LogP contribution is -2.33. The van der Waals surface area contributed by atoms with Gasteiger partial charge in [0.15, 0.2) is 0 Å². The maximum atomic E-state index is 4.60. The number of aromatic nitrogens is 6. The first-order chi connectivity index (χ1) is 22.4. The molecule has 0 aliphatic heterocycles. The van der Waals surface area contributed by atoms with Gasteiger partial charge in [0.1, 0.15) is 11.6 Å². The Balaban J connectivity index is 1.11. The van der Waals surface area contributed by atoms with Crippen LogP contribution in [0.1, 0.15) is 33.9 Å². The highest BCUT2D eigenvalue weighted by molar-refractivity contribution is 6.66. The summed E-state index contributed by atoms with van der Waals surface area (Å²) in [4.78, 5) is 27.1. The number of benzene rings is 4. The molecule has 8 nitrogen and oxygen atoms in total. The summed E-state index contributed by atoms with van der Waals surface area (Å²) >= 11 is 0. The molecule has 0 aliphatic carbocycles. The molecule has 2 heterocycles. The molecule has 0 saturated heterocycles. The van der Waals surface area contributed by atoms with Crippen molar-refractivity contribution in [3.8, 4) is 0 Å². The molecular formula is C36H32B2N8. The van der Waals surface area contributed by atoms with E-state index in [1.165, 1.54) is 0 Å². The van der Waals surface area contributed by atoms with Crippen molar-refractivity contribution in [1.29, 1.82) is 0 Å². The fraction of sp³-hybridized carbons (Fsp3) is 0.111. The third kappa shape index (κ3) is 8.09. The van der Waals surface area contributed by atoms with Crippen LogP contribution in [0.5, 0.6) is 0 Å². The lowest BCUT2D eigenvalue weighted by Gasteiger charge is -2.10. The number of nitrogens with zero attached hydrogens (tertiary/aromatic N) is 6. The summed E-state index contributed by atoms with van der Waals surface area (Å²) in [7, 11) is 3.89. The molecule has 2 N–H and O–H groups in total. The van der Waals surface area contributed by atoms with Crippen LogP contribution in [0.2, 0.25) is 0 Å². The summed E-state index contributed by atoms with van der Waals surface area (Å²) in [5.41, 5.74) is 9.65. The molecule has 4 aromatic carbocycles. The van der Waals surface area contributed by atoms with E-state index in [0.717, 1.165) is 44.6 Å². The van der Waals surface area contributed by atoms with Crippen LogP contribution in [0.25, 0.3) is 12.2 Å². The van der Waals surface area contributed by atoms with Gasteiger partial charge in [0, 0.05) is 11.4 Å². The first-order valence-electron chi connectivity index (χ1n) is 15.0. The Kier molecular flexibility index (Phi) is 9.24. The molecule has 0 fully saturated rings. The molecule has 0 atom stereocenters. The van der Waals surface area contributed by atoms with Gasteiger partial charge in [0.05, 0.1) is 11.4 Å². The first-order valence-corrected chi connectivity index (χ1v) is 15.0. The zero-order valence-electron chi connectivity index (χ0n) is 26.2. The van der Waals surface area contributed by atoms with Gasteiger partial charge in [-0.1, -0.05) is 95.9 Å². The van der Waals surface area contributed by atoms with E-state index < -0.39 is 0 Å². The fourth-order valence-electron chi connectivity index (χ4n) is 4.96. The minimum Gasteiger partial charge on any atom is -0.324 e. The zero-order chi connectivity index (χ0) is 31.9. The number of aryl methyl sites for hydroxylation is 4. The van der Waals surface area contributed by atoms with E-state index in [2.05, 4.69) is 90.8 Å². The van der Waals surface area contributed by atoms with Gasteiger partial charge in [0.2, 0.25) is 26.5 Å². The third-order valence-corrected chi connectivity index (χ3v) is 7.21.